The molecule has 1 rings (SSSR count). The molecule has 0 spiro atoms. The summed E-state index contributed by atoms with van der Waals surface area (Å²) in [4.78, 5) is 10.7. The van der Waals surface area contributed by atoms with Crippen LogP contribution in [0.3, 0.4) is 0 Å². The highest BCUT2D eigenvalue weighted by Gasteiger charge is 2.44. The zero-order valence-corrected chi connectivity index (χ0v) is 12.0. The first kappa shape index (κ1) is 14.9. The number of aliphatic carboxylic acids is 1. The highest BCUT2D eigenvalue weighted by atomic mass is 32.2. The lowest BCUT2D eigenvalue weighted by atomic mass is 10.0. The molecule has 0 saturated heterocycles. The topological polar surface area (TPSA) is 37.3 Å². The van der Waals surface area contributed by atoms with Gasteiger partial charge in [0.05, 0.1) is 6.42 Å². The first-order valence-corrected chi connectivity index (χ1v) is 8.07. The van der Waals surface area contributed by atoms with Crippen molar-refractivity contribution in [1.29, 1.82) is 0 Å². The van der Waals surface area contributed by atoms with E-state index in [9.17, 15) is 4.79 Å². The second kappa shape index (κ2) is 7.30. The maximum absolute atomic E-state index is 10.7. The molecule has 1 fully saturated rings. The van der Waals surface area contributed by atoms with E-state index in [0.29, 0.717) is 6.42 Å². The number of carbonyl (C=O) groups is 1. The molecule has 0 aliphatic heterocycles. The van der Waals surface area contributed by atoms with Crippen LogP contribution in [0.15, 0.2) is 0 Å². The van der Waals surface area contributed by atoms with E-state index in [1.165, 1.54) is 31.4 Å². The summed E-state index contributed by atoms with van der Waals surface area (Å²) in [5.74, 6) is 2.49. The summed E-state index contributed by atoms with van der Waals surface area (Å²) in [5, 5.41) is 8.85. The molecule has 2 nitrogen and oxygen atoms in total. The Labute approximate surface area is 110 Å². The van der Waals surface area contributed by atoms with Crippen LogP contribution in [0.5, 0.6) is 0 Å². The standard InChI is InChI=1S/C14H26O2S/c1-3-5-6-12(4-2)10-17-11-14(7-8-14)9-13(15)16/h12H,3-11H2,1-2H3,(H,15,16). The lowest BCUT2D eigenvalue weighted by molar-refractivity contribution is -0.138. The molecular formula is C14H26O2S. The van der Waals surface area contributed by atoms with Crippen molar-refractivity contribution < 1.29 is 9.90 Å². The second-order valence-electron chi connectivity index (χ2n) is 5.50. The molecule has 0 amide bonds. The van der Waals surface area contributed by atoms with Crippen LogP contribution in [0.4, 0.5) is 0 Å². The largest absolute Gasteiger partial charge is 0.481 e. The van der Waals surface area contributed by atoms with Gasteiger partial charge in [0.2, 0.25) is 0 Å². The van der Waals surface area contributed by atoms with Crippen LogP contribution < -0.4 is 0 Å². The zero-order valence-electron chi connectivity index (χ0n) is 11.2. The molecular weight excluding hydrogens is 232 g/mol. The van der Waals surface area contributed by atoms with Gasteiger partial charge in [-0.2, -0.15) is 11.8 Å². The fourth-order valence-corrected chi connectivity index (χ4v) is 3.89. The average Bonchev–Trinajstić information content (AvgIpc) is 3.02. The number of hydrogen-bond acceptors (Lipinski definition) is 2. The van der Waals surface area contributed by atoms with E-state index in [1.807, 2.05) is 11.8 Å². The minimum Gasteiger partial charge on any atom is -0.481 e. The van der Waals surface area contributed by atoms with Gasteiger partial charge in [0.1, 0.15) is 0 Å². The highest BCUT2D eigenvalue weighted by Crippen LogP contribution is 2.51. The molecule has 100 valence electrons. The molecule has 17 heavy (non-hydrogen) atoms. The summed E-state index contributed by atoms with van der Waals surface area (Å²) >= 11 is 1.98. The normalized spacial score (nSPS) is 18.9. The molecule has 1 atom stereocenters. The van der Waals surface area contributed by atoms with Gasteiger partial charge in [-0.05, 0) is 42.1 Å². The molecule has 0 radical (unpaired) electrons. The number of carboxylic acid groups (broad SMARTS) is 1. The van der Waals surface area contributed by atoms with Gasteiger partial charge < -0.3 is 5.11 Å². The smallest absolute Gasteiger partial charge is 0.303 e. The Morgan fingerprint density at radius 2 is 2.12 bits per heavy atom. The van der Waals surface area contributed by atoms with Crippen LogP contribution >= 0.6 is 11.8 Å². The number of thioether (sulfide) groups is 1. The minimum atomic E-state index is -0.624. The van der Waals surface area contributed by atoms with E-state index in [0.717, 1.165) is 24.5 Å². The summed E-state index contributed by atoms with van der Waals surface area (Å²) in [6.07, 6.45) is 7.84. The number of rotatable bonds is 10. The van der Waals surface area contributed by atoms with Crippen molar-refractivity contribution in [2.75, 3.05) is 11.5 Å². The van der Waals surface area contributed by atoms with Gasteiger partial charge in [-0.3, -0.25) is 4.79 Å². The molecule has 0 bridgehead atoms. The molecule has 0 heterocycles. The van der Waals surface area contributed by atoms with Crippen molar-refractivity contribution in [3.63, 3.8) is 0 Å². The number of carboxylic acids is 1. The predicted octanol–water partition coefficient (Wildman–Crippen LogP) is 4.19. The summed E-state index contributed by atoms with van der Waals surface area (Å²) in [6, 6.07) is 0. The molecule has 1 saturated carbocycles. The molecule has 0 aromatic carbocycles. The van der Waals surface area contributed by atoms with Gasteiger partial charge >= 0.3 is 5.97 Å². The van der Waals surface area contributed by atoms with Gasteiger partial charge in [-0.25, -0.2) is 0 Å². The SMILES string of the molecule is CCCCC(CC)CSCC1(CC(=O)O)CC1. The summed E-state index contributed by atoms with van der Waals surface area (Å²) in [5.41, 5.74) is 0.166. The van der Waals surface area contributed by atoms with Crippen LogP contribution in [0.25, 0.3) is 0 Å². The Morgan fingerprint density at radius 3 is 2.59 bits per heavy atom. The predicted molar refractivity (Wildman–Crippen MR) is 74.6 cm³/mol. The molecule has 3 heteroatoms. The van der Waals surface area contributed by atoms with Crippen molar-refractivity contribution >= 4 is 17.7 Å². The Morgan fingerprint density at radius 1 is 1.41 bits per heavy atom. The Kier molecular flexibility index (Phi) is 6.39. The summed E-state index contributed by atoms with van der Waals surface area (Å²) in [6.45, 7) is 4.51. The molecule has 1 aliphatic carbocycles. The Bertz CT molecular complexity index is 236. The van der Waals surface area contributed by atoms with Crippen molar-refractivity contribution in [3.05, 3.63) is 0 Å². The maximum atomic E-state index is 10.7. The molecule has 0 aromatic rings. The number of hydrogen-bond donors (Lipinski definition) is 1. The maximum Gasteiger partial charge on any atom is 0.303 e. The Hall–Kier alpha value is -0.180. The zero-order chi connectivity index (χ0) is 12.7. The second-order valence-corrected chi connectivity index (χ2v) is 6.53. The van der Waals surface area contributed by atoms with Crippen LogP contribution in [-0.2, 0) is 4.79 Å². The molecule has 1 N–H and O–H groups in total. The van der Waals surface area contributed by atoms with Crippen LogP contribution in [0, 0.1) is 11.3 Å². The van der Waals surface area contributed by atoms with E-state index in [-0.39, 0.29) is 5.41 Å². The fourth-order valence-electron chi connectivity index (χ4n) is 2.21. The van der Waals surface area contributed by atoms with E-state index >= 15 is 0 Å². The van der Waals surface area contributed by atoms with Crippen molar-refractivity contribution in [3.8, 4) is 0 Å². The average molecular weight is 258 g/mol. The highest BCUT2D eigenvalue weighted by molar-refractivity contribution is 7.99. The summed E-state index contributed by atoms with van der Waals surface area (Å²) < 4.78 is 0. The van der Waals surface area contributed by atoms with Gasteiger partial charge in [-0.1, -0.05) is 33.1 Å². The fraction of sp³-hybridized carbons (Fsp3) is 0.929. The number of unbranched alkanes of at least 4 members (excludes halogenated alkanes) is 1. The minimum absolute atomic E-state index is 0.166. The van der Waals surface area contributed by atoms with Crippen LogP contribution in [-0.4, -0.2) is 22.6 Å². The van der Waals surface area contributed by atoms with Crippen molar-refractivity contribution in [1.82, 2.24) is 0 Å². The van der Waals surface area contributed by atoms with Crippen molar-refractivity contribution in [2.45, 2.75) is 58.8 Å². The van der Waals surface area contributed by atoms with Gasteiger partial charge in [0.15, 0.2) is 0 Å². The van der Waals surface area contributed by atoms with Crippen LogP contribution in [0.2, 0.25) is 0 Å². The lowest BCUT2D eigenvalue weighted by Crippen LogP contribution is -2.12. The van der Waals surface area contributed by atoms with Gasteiger partial charge in [-0.15, -0.1) is 0 Å². The lowest BCUT2D eigenvalue weighted by Gasteiger charge is -2.16. The summed E-state index contributed by atoms with van der Waals surface area (Å²) in [7, 11) is 0. The monoisotopic (exact) mass is 258 g/mol. The first-order chi connectivity index (χ1) is 8.12. The van der Waals surface area contributed by atoms with E-state index in [1.54, 1.807) is 0 Å². The first-order valence-electron chi connectivity index (χ1n) is 6.91. The molecule has 1 unspecified atom stereocenters. The third-order valence-electron chi connectivity index (χ3n) is 3.79. The van der Waals surface area contributed by atoms with E-state index in [2.05, 4.69) is 13.8 Å². The van der Waals surface area contributed by atoms with Gasteiger partial charge in [0, 0.05) is 0 Å². The molecule has 1 aliphatic rings. The van der Waals surface area contributed by atoms with E-state index < -0.39 is 5.97 Å². The third-order valence-corrected chi connectivity index (χ3v) is 5.31. The third kappa shape index (κ3) is 5.80. The van der Waals surface area contributed by atoms with Crippen LogP contribution in [0.1, 0.15) is 58.8 Å². The van der Waals surface area contributed by atoms with Crippen molar-refractivity contribution in [2.24, 2.45) is 11.3 Å². The molecule has 0 aromatic heterocycles. The quantitative estimate of drug-likeness (QED) is 0.638. The van der Waals surface area contributed by atoms with Gasteiger partial charge in [0.25, 0.3) is 0 Å². The van der Waals surface area contributed by atoms with E-state index in [4.69, 9.17) is 5.11 Å². The Balaban J connectivity index is 2.15.